The molecule has 0 saturated heterocycles. The summed E-state index contributed by atoms with van der Waals surface area (Å²) in [7, 11) is 0. The lowest BCUT2D eigenvalue weighted by molar-refractivity contribution is -0.120. The minimum atomic E-state index is 0.270. The zero-order valence-electron chi connectivity index (χ0n) is 13.9. The molecule has 0 N–H and O–H groups in total. The Morgan fingerprint density at radius 1 is 1.06 bits per heavy atom. The number of ketones is 1. The van der Waals surface area contributed by atoms with E-state index in [0.717, 1.165) is 18.3 Å². The highest BCUT2D eigenvalue weighted by Gasteiger charge is 2.19. The number of carbonyl (C=O) groups is 1. The van der Waals surface area contributed by atoms with E-state index < -0.39 is 0 Å². The monoisotopic (exact) mass is 256 g/mol. The fourth-order valence-corrected chi connectivity index (χ4v) is 2.68. The molecule has 1 aliphatic carbocycles. The second-order valence-electron chi connectivity index (χ2n) is 5.24. The molecule has 1 aliphatic rings. The molecule has 0 radical (unpaired) electrons. The molecular weight excluding hydrogens is 220 g/mol. The summed E-state index contributed by atoms with van der Waals surface area (Å²) in [4.78, 5) is 11.1. The molecule has 0 bridgehead atoms. The van der Waals surface area contributed by atoms with Crippen LogP contribution in [0.4, 0.5) is 0 Å². The van der Waals surface area contributed by atoms with Gasteiger partial charge in [0.1, 0.15) is 5.78 Å². The molecule has 0 aromatic carbocycles. The van der Waals surface area contributed by atoms with Gasteiger partial charge in [0.05, 0.1) is 0 Å². The third-order valence-electron chi connectivity index (χ3n) is 3.66. The van der Waals surface area contributed by atoms with Crippen LogP contribution < -0.4 is 0 Å². The summed E-state index contributed by atoms with van der Waals surface area (Å²) < 4.78 is 0. The third kappa shape index (κ3) is 9.67. The molecule has 1 fully saturated rings. The van der Waals surface area contributed by atoms with E-state index in [2.05, 4.69) is 13.8 Å². The van der Waals surface area contributed by atoms with Crippen molar-refractivity contribution in [2.45, 2.75) is 87.0 Å². The second-order valence-corrected chi connectivity index (χ2v) is 5.24. The number of hydrogen-bond acceptors (Lipinski definition) is 1. The molecule has 1 heteroatoms. The Kier molecular flexibility index (Phi) is 14.6. The number of hydrogen-bond donors (Lipinski definition) is 0. The van der Waals surface area contributed by atoms with Crippen molar-refractivity contribution in [3.8, 4) is 0 Å². The molecular formula is C17H36O. The van der Waals surface area contributed by atoms with Gasteiger partial charge in [-0.15, -0.1) is 0 Å². The summed E-state index contributed by atoms with van der Waals surface area (Å²) in [5, 5.41) is 0. The van der Waals surface area contributed by atoms with E-state index >= 15 is 0 Å². The molecule has 0 aromatic heterocycles. The van der Waals surface area contributed by atoms with Crippen molar-refractivity contribution in [2.75, 3.05) is 0 Å². The fraction of sp³-hybridized carbons (Fsp3) is 0.941. The molecule has 18 heavy (non-hydrogen) atoms. The van der Waals surface area contributed by atoms with Gasteiger partial charge in [0.2, 0.25) is 0 Å². The minimum Gasteiger partial charge on any atom is -0.300 e. The summed E-state index contributed by atoms with van der Waals surface area (Å²) in [6, 6.07) is 0. The largest absolute Gasteiger partial charge is 0.300 e. The van der Waals surface area contributed by atoms with Crippen molar-refractivity contribution in [3.63, 3.8) is 0 Å². The van der Waals surface area contributed by atoms with Gasteiger partial charge in [-0.25, -0.2) is 0 Å². The number of carbonyl (C=O) groups excluding carboxylic acids is 1. The molecule has 0 aromatic rings. The van der Waals surface area contributed by atoms with E-state index in [9.17, 15) is 4.79 Å². The van der Waals surface area contributed by atoms with Crippen LogP contribution in [0.5, 0.6) is 0 Å². The van der Waals surface area contributed by atoms with Crippen LogP contribution in [0.15, 0.2) is 0 Å². The van der Waals surface area contributed by atoms with Crippen LogP contribution in [-0.2, 0) is 4.79 Å². The van der Waals surface area contributed by atoms with Crippen molar-refractivity contribution in [1.82, 2.24) is 0 Å². The summed E-state index contributed by atoms with van der Waals surface area (Å²) in [6.07, 6.45) is 8.15. The van der Waals surface area contributed by atoms with Gasteiger partial charge in [0, 0.05) is 5.92 Å². The zero-order valence-corrected chi connectivity index (χ0v) is 13.9. The first-order valence-electron chi connectivity index (χ1n) is 8.10. The average Bonchev–Trinajstić information content (AvgIpc) is 2.86. The number of rotatable bonds is 5. The van der Waals surface area contributed by atoms with Crippen LogP contribution in [-0.4, -0.2) is 5.78 Å². The van der Waals surface area contributed by atoms with Crippen molar-refractivity contribution >= 4 is 5.78 Å². The lowest BCUT2D eigenvalue weighted by atomic mass is 9.87. The first-order chi connectivity index (χ1) is 8.59. The maximum atomic E-state index is 11.1. The third-order valence-corrected chi connectivity index (χ3v) is 3.66. The minimum absolute atomic E-state index is 0.270. The van der Waals surface area contributed by atoms with Crippen molar-refractivity contribution < 1.29 is 4.79 Å². The van der Waals surface area contributed by atoms with E-state index in [4.69, 9.17) is 0 Å². The van der Waals surface area contributed by atoms with Crippen LogP contribution in [0.1, 0.15) is 87.0 Å². The Bertz CT molecular complexity index is 180. The molecule has 110 valence electrons. The molecule has 1 saturated carbocycles. The van der Waals surface area contributed by atoms with Crippen molar-refractivity contribution in [1.29, 1.82) is 0 Å². The Hall–Kier alpha value is -0.330. The topological polar surface area (TPSA) is 17.1 Å². The molecule has 0 aliphatic heterocycles. The maximum Gasteiger partial charge on any atom is 0.132 e. The number of Topliss-reactive ketones (excluding diaryl/α,β-unsaturated/α-hetero) is 1. The van der Waals surface area contributed by atoms with E-state index in [1.54, 1.807) is 6.92 Å². The van der Waals surface area contributed by atoms with E-state index in [-0.39, 0.29) is 5.92 Å². The van der Waals surface area contributed by atoms with E-state index in [1.807, 2.05) is 27.7 Å². The summed E-state index contributed by atoms with van der Waals surface area (Å²) in [5.74, 6) is 2.32. The standard InChI is InChI=1S/C13H24O.2C2H6/c1-10(8-11(2)12(3)14)9-13-6-4-5-7-13;2*1-2/h10-11,13H,4-9H2,1-3H3;2*1-2H3. The average molecular weight is 256 g/mol. The van der Waals surface area contributed by atoms with Crippen molar-refractivity contribution in [3.05, 3.63) is 0 Å². The predicted molar refractivity (Wildman–Crippen MR) is 82.9 cm³/mol. The van der Waals surface area contributed by atoms with Gasteiger partial charge in [-0.05, 0) is 31.6 Å². The summed E-state index contributed by atoms with van der Waals surface area (Å²) >= 11 is 0. The Labute approximate surface area is 116 Å². The molecule has 2 unspecified atom stereocenters. The van der Waals surface area contributed by atoms with E-state index in [0.29, 0.717) is 5.78 Å². The highest BCUT2D eigenvalue weighted by Crippen LogP contribution is 2.32. The Morgan fingerprint density at radius 3 is 1.89 bits per heavy atom. The highest BCUT2D eigenvalue weighted by atomic mass is 16.1. The molecule has 0 spiro atoms. The van der Waals surface area contributed by atoms with Crippen LogP contribution in [0.25, 0.3) is 0 Å². The zero-order chi connectivity index (χ0) is 14.6. The lowest BCUT2D eigenvalue weighted by Gasteiger charge is -2.18. The normalized spacial score (nSPS) is 17.9. The molecule has 0 amide bonds. The first kappa shape index (κ1) is 20.0. The molecule has 1 nitrogen and oxygen atoms in total. The predicted octanol–water partition coefficient (Wildman–Crippen LogP) is 5.87. The van der Waals surface area contributed by atoms with Crippen LogP contribution in [0, 0.1) is 17.8 Å². The second kappa shape index (κ2) is 13.1. The van der Waals surface area contributed by atoms with Gasteiger partial charge in [-0.3, -0.25) is 4.79 Å². The Morgan fingerprint density at radius 2 is 1.50 bits per heavy atom. The van der Waals surface area contributed by atoms with Crippen LogP contribution in [0.3, 0.4) is 0 Å². The van der Waals surface area contributed by atoms with Crippen LogP contribution >= 0.6 is 0 Å². The van der Waals surface area contributed by atoms with Gasteiger partial charge < -0.3 is 0 Å². The maximum absolute atomic E-state index is 11.1. The highest BCUT2D eigenvalue weighted by molar-refractivity contribution is 5.77. The SMILES string of the molecule is CC.CC.CC(=O)C(C)CC(C)CC1CCCC1. The van der Waals surface area contributed by atoms with Gasteiger partial charge >= 0.3 is 0 Å². The molecule has 2 atom stereocenters. The fourth-order valence-electron chi connectivity index (χ4n) is 2.68. The molecule has 1 rings (SSSR count). The van der Waals surface area contributed by atoms with Gasteiger partial charge in [0.25, 0.3) is 0 Å². The van der Waals surface area contributed by atoms with Gasteiger partial charge in [-0.1, -0.05) is 67.2 Å². The van der Waals surface area contributed by atoms with Crippen LogP contribution in [0.2, 0.25) is 0 Å². The molecule has 0 heterocycles. The van der Waals surface area contributed by atoms with Crippen molar-refractivity contribution in [2.24, 2.45) is 17.8 Å². The van der Waals surface area contributed by atoms with Gasteiger partial charge in [0.15, 0.2) is 0 Å². The Balaban J connectivity index is 0. The summed E-state index contributed by atoms with van der Waals surface area (Å²) in [5.41, 5.74) is 0. The van der Waals surface area contributed by atoms with Gasteiger partial charge in [-0.2, -0.15) is 0 Å². The first-order valence-corrected chi connectivity index (χ1v) is 8.10. The smallest absolute Gasteiger partial charge is 0.132 e. The van der Waals surface area contributed by atoms with E-state index in [1.165, 1.54) is 32.1 Å². The quantitative estimate of drug-likeness (QED) is 0.601. The lowest BCUT2D eigenvalue weighted by Crippen LogP contribution is -2.12. The summed E-state index contributed by atoms with van der Waals surface area (Å²) in [6.45, 7) is 14.1.